The normalized spacial score (nSPS) is 15.3. The number of hydrogen-bond acceptors (Lipinski definition) is 4. The van der Waals surface area contributed by atoms with Crippen LogP contribution in [0.15, 0.2) is 23.2 Å². The van der Waals surface area contributed by atoms with Crippen molar-refractivity contribution in [2.45, 2.75) is 44.7 Å². The zero-order valence-electron chi connectivity index (χ0n) is 15.9. The van der Waals surface area contributed by atoms with Gasteiger partial charge < -0.3 is 25.4 Å². The van der Waals surface area contributed by atoms with Crippen LogP contribution in [0, 0.1) is 0 Å². The van der Waals surface area contributed by atoms with Gasteiger partial charge in [-0.25, -0.2) is 0 Å². The Morgan fingerprint density at radius 3 is 2.58 bits per heavy atom. The first-order valence-electron chi connectivity index (χ1n) is 9.11. The van der Waals surface area contributed by atoms with E-state index < -0.39 is 0 Å². The van der Waals surface area contributed by atoms with Gasteiger partial charge in [-0.1, -0.05) is 19.3 Å². The van der Waals surface area contributed by atoms with Crippen LogP contribution < -0.4 is 25.4 Å². The number of nitrogens with zero attached hydrogens (tertiary/aromatic N) is 1. The van der Waals surface area contributed by atoms with Gasteiger partial charge in [0.05, 0.1) is 20.8 Å². The van der Waals surface area contributed by atoms with Crippen LogP contribution in [-0.2, 0) is 11.3 Å². The number of hydrogen-bond donors (Lipinski definition) is 3. The average molecular weight is 362 g/mol. The van der Waals surface area contributed by atoms with Gasteiger partial charge in [0.15, 0.2) is 5.96 Å². The molecule has 1 amide bonds. The highest BCUT2D eigenvalue weighted by Crippen LogP contribution is 2.24. The van der Waals surface area contributed by atoms with Gasteiger partial charge in [0.25, 0.3) is 0 Å². The van der Waals surface area contributed by atoms with E-state index in [1.54, 1.807) is 21.3 Å². The van der Waals surface area contributed by atoms with Crippen molar-refractivity contribution in [2.24, 2.45) is 4.99 Å². The third kappa shape index (κ3) is 6.13. The zero-order chi connectivity index (χ0) is 18.8. The molecule has 0 heterocycles. The Morgan fingerprint density at radius 1 is 1.15 bits per heavy atom. The van der Waals surface area contributed by atoms with Gasteiger partial charge in [-0.05, 0) is 25.0 Å². The molecular formula is C19H30N4O3. The Kier molecular flexibility index (Phi) is 8.05. The third-order valence-corrected chi connectivity index (χ3v) is 4.55. The van der Waals surface area contributed by atoms with Crippen molar-refractivity contribution in [1.29, 1.82) is 0 Å². The zero-order valence-corrected chi connectivity index (χ0v) is 15.9. The van der Waals surface area contributed by atoms with E-state index >= 15 is 0 Å². The molecule has 0 spiro atoms. The fraction of sp³-hybridized carbons (Fsp3) is 0.579. The van der Waals surface area contributed by atoms with Crippen molar-refractivity contribution in [1.82, 2.24) is 16.0 Å². The van der Waals surface area contributed by atoms with E-state index in [-0.39, 0.29) is 12.5 Å². The number of guanidine groups is 1. The highest BCUT2D eigenvalue weighted by Gasteiger charge is 2.15. The third-order valence-electron chi connectivity index (χ3n) is 4.55. The first-order chi connectivity index (χ1) is 12.7. The van der Waals surface area contributed by atoms with E-state index in [2.05, 4.69) is 20.9 Å². The van der Waals surface area contributed by atoms with E-state index in [0.29, 0.717) is 18.5 Å². The maximum atomic E-state index is 12.1. The molecule has 144 valence electrons. The van der Waals surface area contributed by atoms with Crippen molar-refractivity contribution in [2.75, 3.05) is 27.8 Å². The molecule has 0 aliphatic heterocycles. The molecule has 0 aromatic heterocycles. The van der Waals surface area contributed by atoms with Crippen LogP contribution in [0.25, 0.3) is 0 Å². The monoisotopic (exact) mass is 362 g/mol. The van der Waals surface area contributed by atoms with Crippen LogP contribution in [0.2, 0.25) is 0 Å². The molecule has 26 heavy (non-hydrogen) atoms. The lowest BCUT2D eigenvalue weighted by atomic mass is 9.95. The standard InChI is InChI=1S/C19H30N4O3/c1-20-19(22-13-18(24)23-15-7-5-4-6-8-15)21-12-14-9-10-16(25-2)11-17(14)26-3/h9-11,15H,4-8,12-13H2,1-3H3,(H,23,24)(H2,20,21,22). The van der Waals surface area contributed by atoms with Gasteiger partial charge in [0.2, 0.25) is 5.91 Å². The van der Waals surface area contributed by atoms with Crippen LogP contribution in [0.4, 0.5) is 0 Å². The van der Waals surface area contributed by atoms with Crippen molar-refractivity contribution in [3.8, 4) is 11.5 Å². The van der Waals surface area contributed by atoms with E-state index in [4.69, 9.17) is 9.47 Å². The molecule has 7 nitrogen and oxygen atoms in total. The predicted molar refractivity (Wildman–Crippen MR) is 103 cm³/mol. The SMILES string of the molecule is CN=C(NCC(=O)NC1CCCCC1)NCc1ccc(OC)cc1OC. The molecule has 1 aliphatic carbocycles. The number of ether oxygens (including phenoxy) is 2. The summed E-state index contributed by atoms with van der Waals surface area (Å²) in [6.45, 7) is 0.729. The minimum absolute atomic E-state index is 0.00174. The lowest BCUT2D eigenvalue weighted by Crippen LogP contribution is -2.45. The summed E-state index contributed by atoms with van der Waals surface area (Å²) in [7, 11) is 4.93. The quantitative estimate of drug-likeness (QED) is 0.509. The van der Waals surface area contributed by atoms with Crippen LogP contribution in [-0.4, -0.2) is 45.7 Å². The number of methoxy groups -OCH3 is 2. The Morgan fingerprint density at radius 2 is 1.92 bits per heavy atom. The summed E-state index contributed by atoms with van der Waals surface area (Å²) in [5, 5.41) is 9.33. The first kappa shape index (κ1) is 19.9. The Bertz CT molecular complexity index is 613. The number of aliphatic imine (C=N–C) groups is 1. The molecule has 7 heteroatoms. The number of carbonyl (C=O) groups is 1. The second-order valence-corrected chi connectivity index (χ2v) is 6.36. The molecule has 1 aliphatic rings. The van der Waals surface area contributed by atoms with Crippen LogP contribution >= 0.6 is 0 Å². The van der Waals surface area contributed by atoms with Gasteiger partial charge in [-0.15, -0.1) is 0 Å². The number of benzene rings is 1. The summed E-state index contributed by atoms with van der Waals surface area (Å²) in [4.78, 5) is 16.2. The summed E-state index contributed by atoms with van der Waals surface area (Å²) in [5.41, 5.74) is 0.975. The van der Waals surface area contributed by atoms with Crippen molar-refractivity contribution in [3.63, 3.8) is 0 Å². The van der Waals surface area contributed by atoms with Gasteiger partial charge in [-0.2, -0.15) is 0 Å². The molecule has 1 saturated carbocycles. The van der Waals surface area contributed by atoms with Crippen LogP contribution in [0.1, 0.15) is 37.7 Å². The van der Waals surface area contributed by atoms with E-state index in [1.807, 2.05) is 18.2 Å². The Labute approximate surface area is 155 Å². The van der Waals surface area contributed by atoms with E-state index in [0.717, 1.165) is 29.9 Å². The van der Waals surface area contributed by atoms with Crippen molar-refractivity contribution < 1.29 is 14.3 Å². The summed E-state index contributed by atoms with van der Waals surface area (Å²) in [5.74, 6) is 2.05. The van der Waals surface area contributed by atoms with E-state index in [9.17, 15) is 4.79 Å². The second-order valence-electron chi connectivity index (χ2n) is 6.36. The summed E-state index contributed by atoms with van der Waals surface area (Å²) in [6, 6.07) is 5.97. The minimum Gasteiger partial charge on any atom is -0.497 e. The Hall–Kier alpha value is -2.44. The molecule has 3 N–H and O–H groups in total. The molecule has 0 unspecified atom stereocenters. The highest BCUT2D eigenvalue weighted by molar-refractivity contribution is 5.86. The summed E-state index contributed by atoms with van der Waals surface area (Å²) >= 11 is 0. The molecule has 1 fully saturated rings. The molecule has 0 bridgehead atoms. The van der Waals surface area contributed by atoms with Gasteiger partial charge in [0, 0.05) is 31.3 Å². The van der Waals surface area contributed by atoms with E-state index in [1.165, 1.54) is 19.3 Å². The predicted octanol–water partition coefficient (Wildman–Crippen LogP) is 1.82. The fourth-order valence-electron chi connectivity index (χ4n) is 3.09. The topological polar surface area (TPSA) is 84.0 Å². The minimum atomic E-state index is 0.00174. The molecule has 0 radical (unpaired) electrons. The molecule has 2 rings (SSSR count). The number of carbonyl (C=O) groups excluding carboxylic acids is 1. The largest absolute Gasteiger partial charge is 0.497 e. The molecular weight excluding hydrogens is 332 g/mol. The van der Waals surface area contributed by atoms with Gasteiger partial charge >= 0.3 is 0 Å². The van der Waals surface area contributed by atoms with Gasteiger partial charge in [-0.3, -0.25) is 9.79 Å². The number of nitrogens with one attached hydrogen (secondary N) is 3. The molecule has 0 atom stereocenters. The lowest BCUT2D eigenvalue weighted by molar-refractivity contribution is -0.120. The van der Waals surface area contributed by atoms with Gasteiger partial charge in [0.1, 0.15) is 11.5 Å². The summed E-state index contributed by atoms with van der Waals surface area (Å²) in [6.07, 6.45) is 5.83. The lowest BCUT2D eigenvalue weighted by Gasteiger charge is -2.23. The number of amides is 1. The Balaban J connectivity index is 1.79. The highest BCUT2D eigenvalue weighted by atomic mass is 16.5. The summed E-state index contributed by atoms with van der Waals surface area (Å²) < 4.78 is 10.6. The maximum absolute atomic E-state index is 12.1. The second kappa shape index (κ2) is 10.5. The molecule has 1 aromatic carbocycles. The fourth-order valence-corrected chi connectivity index (χ4v) is 3.09. The maximum Gasteiger partial charge on any atom is 0.239 e. The molecule has 0 saturated heterocycles. The molecule has 1 aromatic rings. The van der Waals surface area contributed by atoms with Crippen molar-refractivity contribution in [3.05, 3.63) is 23.8 Å². The smallest absolute Gasteiger partial charge is 0.239 e. The first-order valence-corrected chi connectivity index (χ1v) is 9.11. The van der Waals surface area contributed by atoms with Crippen LogP contribution in [0.5, 0.6) is 11.5 Å². The van der Waals surface area contributed by atoms with Crippen LogP contribution in [0.3, 0.4) is 0 Å². The average Bonchev–Trinajstić information content (AvgIpc) is 2.68. The van der Waals surface area contributed by atoms with Crippen molar-refractivity contribution >= 4 is 11.9 Å². The number of rotatable bonds is 7.